The molecule has 0 amide bonds. The standard InChI is InChI=1S/C17H23NO2/c1-13(19)14(2)20-17(12-18)11-7-6-10-16(17)15-8-4-3-5-9-15/h3-5,8-9,13-14,16,19H,6-7,10-11H2,1-2H3. The summed E-state index contributed by atoms with van der Waals surface area (Å²) < 4.78 is 6.05. The van der Waals surface area contributed by atoms with Crippen molar-refractivity contribution in [3.63, 3.8) is 0 Å². The molecule has 108 valence electrons. The van der Waals surface area contributed by atoms with Crippen LogP contribution >= 0.6 is 0 Å². The highest BCUT2D eigenvalue weighted by Gasteiger charge is 2.44. The monoisotopic (exact) mass is 273 g/mol. The molecule has 3 nitrogen and oxygen atoms in total. The number of nitrogens with zero attached hydrogens (tertiary/aromatic N) is 1. The fraction of sp³-hybridized carbons (Fsp3) is 0.588. The molecule has 4 unspecified atom stereocenters. The Bertz CT molecular complexity index is 466. The summed E-state index contributed by atoms with van der Waals surface area (Å²) in [6.07, 6.45) is 2.92. The molecule has 2 rings (SSSR count). The summed E-state index contributed by atoms with van der Waals surface area (Å²) >= 11 is 0. The van der Waals surface area contributed by atoms with Gasteiger partial charge in [0.2, 0.25) is 0 Å². The first kappa shape index (κ1) is 15.0. The van der Waals surface area contributed by atoms with Crippen LogP contribution in [0.4, 0.5) is 0 Å². The van der Waals surface area contributed by atoms with Crippen LogP contribution in [0.5, 0.6) is 0 Å². The normalized spacial score (nSPS) is 29.4. The number of hydrogen-bond donors (Lipinski definition) is 1. The lowest BCUT2D eigenvalue weighted by atomic mass is 9.72. The zero-order valence-electron chi connectivity index (χ0n) is 12.2. The Morgan fingerprint density at radius 3 is 2.60 bits per heavy atom. The predicted molar refractivity (Wildman–Crippen MR) is 78.2 cm³/mol. The van der Waals surface area contributed by atoms with Gasteiger partial charge >= 0.3 is 0 Å². The Hall–Kier alpha value is -1.37. The number of ether oxygens (including phenoxy) is 1. The summed E-state index contributed by atoms with van der Waals surface area (Å²) in [5, 5.41) is 19.4. The van der Waals surface area contributed by atoms with Gasteiger partial charge in [0.05, 0.1) is 18.3 Å². The molecule has 1 aliphatic carbocycles. The maximum Gasteiger partial charge on any atom is 0.161 e. The van der Waals surface area contributed by atoms with Gasteiger partial charge in [0.15, 0.2) is 5.60 Å². The molecule has 1 aromatic carbocycles. The molecule has 0 saturated heterocycles. The Balaban J connectivity index is 2.30. The largest absolute Gasteiger partial charge is 0.391 e. The van der Waals surface area contributed by atoms with E-state index < -0.39 is 11.7 Å². The quantitative estimate of drug-likeness (QED) is 0.914. The Kier molecular flexibility index (Phi) is 4.80. The van der Waals surface area contributed by atoms with Crippen molar-refractivity contribution < 1.29 is 9.84 Å². The lowest BCUT2D eigenvalue weighted by Gasteiger charge is -2.41. The second kappa shape index (κ2) is 6.39. The molecule has 0 radical (unpaired) electrons. The van der Waals surface area contributed by atoms with E-state index in [4.69, 9.17) is 4.74 Å². The number of hydrogen-bond acceptors (Lipinski definition) is 3. The van der Waals surface area contributed by atoms with E-state index in [0.717, 1.165) is 31.2 Å². The molecular formula is C17H23NO2. The smallest absolute Gasteiger partial charge is 0.161 e. The first-order chi connectivity index (χ1) is 9.59. The molecule has 1 saturated carbocycles. The van der Waals surface area contributed by atoms with Crippen molar-refractivity contribution in [2.45, 2.75) is 63.3 Å². The summed E-state index contributed by atoms with van der Waals surface area (Å²) in [5.41, 5.74) is 0.349. The Morgan fingerprint density at radius 1 is 1.30 bits per heavy atom. The molecule has 0 spiro atoms. The van der Waals surface area contributed by atoms with Gasteiger partial charge in [-0.25, -0.2) is 0 Å². The SMILES string of the molecule is CC(O)C(C)OC1(C#N)CCCCC1c1ccccc1. The Morgan fingerprint density at radius 2 is 2.00 bits per heavy atom. The van der Waals surface area contributed by atoms with Gasteiger partial charge in [-0.15, -0.1) is 0 Å². The molecule has 1 fully saturated rings. The molecule has 0 aliphatic heterocycles. The molecule has 1 aliphatic rings. The molecule has 0 heterocycles. The van der Waals surface area contributed by atoms with Crippen molar-refractivity contribution in [1.29, 1.82) is 5.26 Å². The molecule has 0 aromatic heterocycles. The second-order valence-electron chi connectivity index (χ2n) is 5.77. The van der Waals surface area contributed by atoms with E-state index in [1.54, 1.807) is 6.92 Å². The average Bonchev–Trinajstić information content (AvgIpc) is 2.48. The van der Waals surface area contributed by atoms with E-state index in [1.165, 1.54) is 0 Å². The third-order valence-corrected chi connectivity index (χ3v) is 4.32. The molecule has 0 bridgehead atoms. The number of rotatable bonds is 4. The predicted octanol–water partition coefficient (Wildman–Crippen LogP) is 3.39. The molecular weight excluding hydrogens is 250 g/mol. The fourth-order valence-corrected chi connectivity index (χ4v) is 3.00. The van der Waals surface area contributed by atoms with Crippen LogP contribution in [0.25, 0.3) is 0 Å². The molecule has 20 heavy (non-hydrogen) atoms. The summed E-state index contributed by atoms with van der Waals surface area (Å²) in [7, 11) is 0. The van der Waals surface area contributed by atoms with Crippen LogP contribution in [0.3, 0.4) is 0 Å². The number of nitriles is 1. The highest BCUT2D eigenvalue weighted by atomic mass is 16.5. The Labute approximate surface area is 121 Å². The maximum atomic E-state index is 9.75. The fourth-order valence-electron chi connectivity index (χ4n) is 3.00. The molecule has 1 aromatic rings. The van der Waals surface area contributed by atoms with Crippen LogP contribution in [0, 0.1) is 11.3 Å². The van der Waals surface area contributed by atoms with Crippen LogP contribution in [0.1, 0.15) is 51.0 Å². The van der Waals surface area contributed by atoms with Gasteiger partial charge < -0.3 is 9.84 Å². The molecule has 1 N–H and O–H groups in total. The zero-order chi connectivity index (χ0) is 14.6. The van der Waals surface area contributed by atoms with Crippen LogP contribution < -0.4 is 0 Å². The third-order valence-electron chi connectivity index (χ3n) is 4.32. The van der Waals surface area contributed by atoms with E-state index in [0.29, 0.717) is 0 Å². The van der Waals surface area contributed by atoms with Gasteiger partial charge in [-0.3, -0.25) is 0 Å². The summed E-state index contributed by atoms with van der Waals surface area (Å²) in [4.78, 5) is 0. The van der Waals surface area contributed by atoms with Crippen molar-refractivity contribution in [2.24, 2.45) is 0 Å². The number of aliphatic hydroxyl groups excluding tert-OH is 1. The average molecular weight is 273 g/mol. The topological polar surface area (TPSA) is 53.2 Å². The van der Waals surface area contributed by atoms with Crippen molar-refractivity contribution >= 4 is 0 Å². The van der Waals surface area contributed by atoms with Crippen molar-refractivity contribution in [3.8, 4) is 6.07 Å². The molecule has 3 heteroatoms. The van der Waals surface area contributed by atoms with Crippen LogP contribution in [-0.2, 0) is 4.74 Å². The highest BCUT2D eigenvalue weighted by molar-refractivity contribution is 5.28. The van der Waals surface area contributed by atoms with Crippen LogP contribution in [0.2, 0.25) is 0 Å². The van der Waals surface area contributed by atoms with E-state index in [9.17, 15) is 10.4 Å². The van der Waals surface area contributed by atoms with E-state index in [-0.39, 0.29) is 12.0 Å². The van der Waals surface area contributed by atoms with Gasteiger partial charge in [0.1, 0.15) is 0 Å². The third kappa shape index (κ3) is 3.03. The van der Waals surface area contributed by atoms with Crippen molar-refractivity contribution in [3.05, 3.63) is 35.9 Å². The second-order valence-corrected chi connectivity index (χ2v) is 5.77. The van der Waals surface area contributed by atoms with E-state index >= 15 is 0 Å². The molecule has 4 atom stereocenters. The minimum Gasteiger partial charge on any atom is -0.391 e. The summed E-state index contributed by atoms with van der Waals surface area (Å²) in [5.74, 6) is 0.0867. The number of benzene rings is 1. The lowest BCUT2D eigenvalue weighted by Crippen LogP contribution is -2.45. The van der Waals surface area contributed by atoms with Crippen LogP contribution in [0.15, 0.2) is 30.3 Å². The van der Waals surface area contributed by atoms with E-state index in [2.05, 4.69) is 18.2 Å². The zero-order valence-corrected chi connectivity index (χ0v) is 12.2. The van der Waals surface area contributed by atoms with Gasteiger partial charge in [-0.1, -0.05) is 36.8 Å². The maximum absolute atomic E-state index is 9.75. The van der Waals surface area contributed by atoms with Gasteiger partial charge in [0, 0.05) is 5.92 Å². The van der Waals surface area contributed by atoms with E-state index in [1.807, 2.05) is 25.1 Å². The highest BCUT2D eigenvalue weighted by Crippen LogP contribution is 2.43. The number of aliphatic hydroxyl groups is 1. The minimum absolute atomic E-state index is 0.0867. The van der Waals surface area contributed by atoms with Gasteiger partial charge in [0.25, 0.3) is 0 Å². The van der Waals surface area contributed by atoms with Crippen molar-refractivity contribution in [2.75, 3.05) is 0 Å². The first-order valence-electron chi connectivity index (χ1n) is 7.41. The van der Waals surface area contributed by atoms with Gasteiger partial charge in [-0.05, 0) is 38.7 Å². The minimum atomic E-state index is -0.810. The lowest BCUT2D eigenvalue weighted by molar-refractivity contribution is -0.119. The summed E-state index contributed by atoms with van der Waals surface area (Å²) in [6.45, 7) is 3.54. The first-order valence-corrected chi connectivity index (χ1v) is 7.41. The van der Waals surface area contributed by atoms with Crippen molar-refractivity contribution in [1.82, 2.24) is 0 Å². The van der Waals surface area contributed by atoms with Gasteiger partial charge in [-0.2, -0.15) is 5.26 Å². The summed E-state index contributed by atoms with van der Waals surface area (Å²) in [6, 6.07) is 12.5. The van der Waals surface area contributed by atoms with Crippen LogP contribution in [-0.4, -0.2) is 22.9 Å².